The molecule has 146 valence electrons. The summed E-state index contributed by atoms with van der Waals surface area (Å²) in [6.07, 6.45) is 4.93. The Morgan fingerprint density at radius 3 is 2.70 bits per heavy atom. The van der Waals surface area contributed by atoms with Crippen LogP contribution in [0.4, 0.5) is 0 Å². The Kier molecular flexibility index (Phi) is 7.23. The molecule has 0 bridgehead atoms. The monoisotopic (exact) mass is 481 g/mol. The maximum absolute atomic E-state index is 4.60. The molecule has 0 radical (unpaired) electrons. The van der Waals surface area contributed by atoms with E-state index in [2.05, 4.69) is 46.5 Å². The Morgan fingerprint density at radius 1 is 1.30 bits per heavy atom. The third kappa shape index (κ3) is 5.00. The number of imidazole rings is 1. The molecule has 0 aliphatic carbocycles. The first-order valence-electron chi connectivity index (χ1n) is 8.86. The van der Waals surface area contributed by atoms with Gasteiger partial charge in [0.1, 0.15) is 5.65 Å². The summed E-state index contributed by atoms with van der Waals surface area (Å²) < 4.78 is 3.96. The van der Waals surface area contributed by atoms with Gasteiger partial charge in [-0.1, -0.05) is 6.07 Å². The second-order valence-electron chi connectivity index (χ2n) is 6.65. The first kappa shape index (κ1) is 21.2. The van der Waals surface area contributed by atoms with E-state index in [1.807, 2.05) is 46.7 Å². The summed E-state index contributed by atoms with van der Waals surface area (Å²) in [5.74, 6) is 0.772. The molecule has 7 nitrogen and oxygen atoms in total. The number of fused-ring (bicyclic) bond motifs is 1. The van der Waals surface area contributed by atoms with Crippen molar-refractivity contribution in [3.8, 4) is 0 Å². The standard InChI is InChI=1S/C19H27N7.HI/c1-13(10-17-14(2)24-25(5)15(17)3)22-19(20-4)21-11-16-12-26-9-7-6-8-18(26)23-16;/h6-9,12-13H,10-11H2,1-5H3,(H2,20,21,22);1H. The van der Waals surface area contributed by atoms with Gasteiger partial charge >= 0.3 is 0 Å². The third-order valence-electron chi connectivity index (χ3n) is 4.63. The van der Waals surface area contributed by atoms with E-state index in [0.717, 1.165) is 29.4 Å². The molecular weight excluding hydrogens is 453 g/mol. The van der Waals surface area contributed by atoms with Gasteiger partial charge in [0.05, 0.1) is 17.9 Å². The van der Waals surface area contributed by atoms with Crippen molar-refractivity contribution in [1.82, 2.24) is 29.8 Å². The van der Waals surface area contributed by atoms with Crippen molar-refractivity contribution in [2.75, 3.05) is 7.05 Å². The van der Waals surface area contributed by atoms with E-state index in [1.165, 1.54) is 11.3 Å². The van der Waals surface area contributed by atoms with Gasteiger partial charge in [0, 0.05) is 38.2 Å². The molecular formula is C19H28IN7. The number of nitrogens with zero attached hydrogens (tertiary/aromatic N) is 5. The zero-order valence-electron chi connectivity index (χ0n) is 16.5. The third-order valence-corrected chi connectivity index (χ3v) is 4.63. The normalized spacial score (nSPS) is 12.7. The van der Waals surface area contributed by atoms with E-state index in [-0.39, 0.29) is 30.0 Å². The van der Waals surface area contributed by atoms with E-state index in [9.17, 15) is 0 Å². The van der Waals surface area contributed by atoms with Crippen LogP contribution in [0.15, 0.2) is 35.6 Å². The van der Waals surface area contributed by atoms with Crippen LogP contribution >= 0.6 is 24.0 Å². The van der Waals surface area contributed by atoms with Crippen molar-refractivity contribution < 1.29 is 0 Å². The smallest absolute Gasteiger partial charge is 0.191 e. The lowest BCUT2D eigenvalue weighted by Gasteiger charge is -2.18. The number of aliphatic imine (C=N–C) groups is 1. The molecule has 0 fully saturated rings. The molecule has 2 N–H and O–H groups in total. The number of aromatic nitrogens is 4. The summed E-state index contributed by atoms with van der Waals surface area (Å²) >= 11 is 0. The first-order valence-corrected chi connectivity index (χ1v) is 8.86. The van der Waals surface area contributed by atoms with Crippen LogP contribution in [0.1, 0.15) is 29.6 Å². The molecule has 1 atom stereocenters. The fourth-order valence-electron chi connectivity index (χ4n) is 3.14. The Hall–Kier alpha value is -2.10. The van der Waals surface area contributed by atoms with Crippen LogP contribution in [-0.4, -0.2) is 38.2 Å². The molecule has 0 saturated carbocycles. The second kappa shape index (κ2) is 9.20. The molecule has 0 spiro atoms. The Bertz CT molecular complexity index is 892. The van der Waals surface area contributed by atoms with Gasteiger partial charge < -0.3 is 15.0 Å². The van der Waals surface area contributed by atoms with Crippen molar-refractivity contribution in [2.45, 2.75) is 39.8 Å². The van der Waals surface area contributed by atoms with Crippen LogP contribution < -0.4 is 10.6 Å². The average Bonchev–Trinajstić information content (AvgIpc) is 3.14. The Balaban J connectivity index is 0.00000261. The molecule has 3 heterocycles. The summed E-state index contributed by atoms with van der Waals surface area (Å²) in [7, 11) is 3.77. The van der Waals surface area contributed by atoms with Gasteiger partial charge in [-0.15, -0.1) is 24.0 Å². The van der Waals surface area contributed by atoms with Gasteiger partial charge in [-0.2, -0.15) is 5.10 Å². The molecule has 0 aromatic carbocycles. The predicted molar refractivity (Wildman–Crippen MR) is 120 cm³/mol. The van der Waals surface area contributed by atoms with Gasteiger partial charge in [0.2, 0.25) is 0 Å². The molecule has 0 aliphatic heterocycles. The van der Waals surface area contributed by atoms with Crippen molar-refractivity contribution in [3.05, 3.63) is 53.2 Å². The van der Waals surface area contributed by atoms with Crippen molar-refractivity contribution in [1.29, 1.82) is 0 Å². The van der Waals surface area contributed by atoms with Gasteiger partial charge in [-0.3, -0.25) is 9.67 Å². The van der Waals surface area contributed by atoms with Crippen LogP contribution in [0.3, 0.4) is 0 Å². The number of guanidine groups is 1. The Morgan fingerprint density at radius 2 is 2.07 bits per heavy atom. The van der Waals surface area contributed by atoms with Crippen molar-refractivity contribution in [2.24, 2.45) is 12.0 Å². The topological polar surface area (TPSA) is 71.5 Å². The largest absolute Gasteiger partial charge is 0.354 e. The molecule has 3 aromatic rings. The summed E-state index contributed by atoms with van der Waals surface area (Å²) in [6.45, 7) is 6.95. The van der Waals surface area contributed by atoms with Crippen LogP contribution in [0.2, 0.25) is 0 Å². The van der Waals surface area contributed by atoms with Gasteiger partial charge in [-0.25, -0.2) is 4.98 Å². The van der Waals surface area contributed by atoms with E-state index >= 15 is 0 Å². The number of hydrogen-bond donors (Lipinski definition) is 2. The highest BCUT2D eigenvalue weighted by molar-refractivity contribution is 14.0. The fourth-order valence-corrected chi connectivity index (χ4v) is 3.14. The minimum atomic E-state index is 0. The molecule has 3 rings (SSSR count). The van der Waals surface area contributed by atoms with Gasteiger partial charge in [-0.05, 0) is 44.9 Å². The fraction of sp³-hybridized carbons (Fsp3) is 0.421. The minimum Gasteiger partial charge on any atom is -0.354 e. The maximum Gasteiger partial charge on any atom is 0.191 e. The number of rotatable bonds is 5. The average molecular weight is 481 g/mol. The highest BCUT2D eigenvalue weighted by atomic mass is 127. The first-order chi connectivity index (χ1) is 12.5. The quantitative estimate of drug-likeness (QED) is 0.334. The summed E-state index contributed by atoms with van der Waals surface area (Å²) in [5, 5.41) is 11.3. The predicted octanol–water partition coefficient (Wildman–Crippen LogP) is 2.60. The number of hydrogen-bond acceptors (Lipinski definition) is 3. The highest BCUT2D eigenvalue weighted by Gasteiger charge is 2.14. The van der Waals surface area contributed by atoms with E-state index in [4.69, 9.17) is 0 Å². The maximum atomic E-state index is 4.60. The minimum absolute atomic E-state index is 0. The number of halogens is 1. The van der Waals surface area contributed by atoms with Gasteiger partial charge in [0.25, 0.3) is 0 Å². The highest BCUT2D eigenvalue weighted by Crippen LogP contribution is 2.14. The van der Waals surface area contributed by atoms with Crippen molar-refractivity contribution in [3.63, 3.8) is 0 Å². The number of nitrogens with one attached hydrogen (secondary N) is 2. The summed E-state index contributed by atoms with van der Waals surface area (Å²) in [5.41, 5.74) is 5.52. The zero-order chi connectivity index (χ0) is 18.7. The van der Waals surface area contributed by atoms with E-state index in [0.29, 0.717) is 6.54 Å². The Labute approximate surface area is 177 Å². The molecule has 27 heavy (non-hydrogen) atoms. The van der Waals surface area contributed by atoms with Crippen LogP contribution in [0.25, 0.3) is 5.65 Å². The van der Waals surface area contributed by atoms with Crippen LogP contribution in [0.5, 0.6) is 0 Å². The SMILES string of the molecule is CN=C(NCc1cn2ccccc2n1)NC(C)Cc1c(C)nn(C)c1C.I. The molecule has 3 aromatic heterocycles. The molecule has 8 heteroatoms. The molecule has 1 unspecified atom stereocenters. The van der Waals surface area contributed by atoms with Crippen LogP contribution in [-0.2, 0) is 20.0 Å². The van der Waals surface area contributed by atoms with E-state index < -0.39 is 0 Å². The lowest BCUT2D eigenvalue weighted by molar-refractivity contribution is 0.634. The summed E-state index contributed by atoms with van der Waals surface area (Å²) in [4.78, 5) is 8.93. The zero-order valence-corrected chi connectivity index (χ0v) is 18.9. The lowest BCUT2D eigenvalue weighted by Crippen LogP contribution is -2.42. The second-order valence-corrected chi connectivity index (χ2v) is 6.65. The number of aryl methyl sites for hydroxylation is 2. The molecule has 0 saturated heterocycles. The molecule has 0 amide bonds. The molecule has 0 aliphatic rings. The summed E-state index contributed by atoms with van der Waals surface area (Å²) in [6, 6.07) is 6.22. The lowest BCUT2D eigenvalue weighted by atomic mass is 10.1. The number of pyridine rings is 1. The van der Waals surface area contributed by atoms with Crippen molar-refractivity contribution >= 4 is 35.6 Å². The van der Waals surface area contributed by atoms with Gasteiger partial charge in [0.15, 0.2) is 5.96 Å². The van der Waals surface area contributed by atoms with E-state index in [1.54, 1.807) is 7.05 Å². The van der Waals surface area contributed by atoms with Crippen LogP contribution in [0, 0.1) is 13.8 Å².